The molecule has 3 nitrogen and oxygen atoms in total. The van der Waals surface area contributed by atoms with Gasteiger partial charge in [0.25, 0.3) is 0 Å². The van der Waals surface area contributed by atoms with Crippen LogP contribution in [0.1, 0.15) is 6.92 Å². The smallest absolute Gasteiger partial charge is 0.225 e. The molecule has 0 saturated carbocycles. The second-order valence-electron chi connectivity index (χ2n) is 1.48. The van der Waals surface area contributed by atoms with E-state index < -0.39 is 0 Å². The van der Waals surface area contributed by atoms with Crippen LogP contribution in [0.3, 0.4) is 0 Å². The number of hydrogen-bond donors (Lipinski definition) is 1. The van der Waals surface area contributed by atoms with Crippen LogP contribution < -0.4 is 0 Å². The molecule has 0 atom stereocenters. The fraction of sp³-hybridized carbons (Fsp3) is 0.143. The normalized spacial score (nSPS) is 9.30. The number of guanidine groups is 1. The Morgan fingerprint density at radius 3 is 2.30 bits per heavy atom. The molecule has 0 fully saturated rings. The van der Waals surface area contributed by atoms with Crippen LogP contribution in [0.2, 0.25) is 0 Å². The Bertz CT molecular complexity index is 162. The number of nitrogens with zero attached hydrogens (tertiary/aromatic N) is 2. The Morgan fingerprint density at radius 1 is 1.50 bits per heavy atom. The second kappa shape index (κ2) is 4.49. The van der Waals surface area contributed by atoms with Crippen LogP contribution in [-0.2, 0) is 0 Å². The van der Waals surface area contributed by atoms with Crippen molar-refractivity contribution in [2.24, 2.45) is 4.99 Å². The summed E-state index contributed by atoms with van der Waals surface area (Å²) in [6, 6.07) is 0. The van der Waals surface area contributed by atoms with Gasteiger partial charge in [-0.05, 0) is 6.92 Å². The van der Waals surface area contributed by atoms with Crippen LogP contribution in [0, 0.1) is 5.41 Å². The van der Waals surface area contributed by atoms with E-state index in [2.05, 4.69) is 18.2 Å². The van der Waals surface area contributed by atoms with Crippen molar-refractivity contribution in [3.8, 4) is 0 Å². The molecule has 54 valence electrons. The summed E-state index contributed by atoms with van der Waals surface area (Å²) in [5.74, 6) is 0.118. The third kappa shape index (κ3) is 2.26. The molecular formula is C7H11N3. The highest BCUT2D eigenvalue weighted by molar-refractivity contribution is 5.86. The van der Waals surface area contributed by atoms with E-state index in [0.29, 0.717) is 0 Å². The molecule has 0 aromatic rings. The number of hydrogen-bond acceptors (Lipinski definition) is 1. The lowest BCUT2D eigenvalue weighted by atomic mass is 10.7. The van der Waals surface area contributed by atoms with Crippen molar-refractivity contribution in [3.63, 3.8) is 0 Å². The Kier molecular flexibility index (Phi) is 3.87. The molecule has 0 radical (unpaired) electrons. The fourth-order valence-electron chi connectivity index (χ4n) is 0.436. The van der Waals surface area contributed by atoms with Crippen molar-refractivity contribution in [2.45, 2.75) is 6.92 Å². The standard InChI is InChI=1S/C7H11N3/c1-4-9-7(8)10(5-2)6-3/h4-6,8H,2-3H2,1H3. The maximum atomic E-state index is 7.23. The van der Waals surface area contributed by atoms with Gasteiger partial charge in [0.1, 0.15) is 0 Å². The molecule has 0 aromatic heterocycles. The summed E-state index contributed by atoms with van der Waals surface area (Å²) in [6.07, 6.45) is 4.49. The summed E-state index contributed by atoms with van der Waals surface area (Å²) >= 11 is 0. The van der Waals surface area contributed by atoms with Gasteiger partial charge >= 0.3 is 0 Å². The summed E-state index contributed by atoms with van der Waals surface area (Å²) in [7, 11) is 0. The molecule has 0 aromatic carbocycles. The van der Waals surface area contributed by atoms with Gasteiger partial charge in [-0.3, -0.25) is 10.3 Å². The van der Waals surface area contributed by atoms with Crippen molar-refractivity contribution in [1.29, 1.82) is 5.41 Å². The lowest BCUT2D eigenvalue weighted by Crippen LogP contribution is -2.15. The monoisotopic (exact) mass is 137 g/mol. The minimum atomic E-state index is 0.118. The minimum Gasteiger partial charge on any atom is -0.294 e. The zero-order valence-electron chi connectivity index (χ0n) is 6.04. The van der Waals surface area contributed by atoms with Crippen molar-refractivity contribution in [3.05, 3.63) is 25.6 Å². The third-order valence-corrected chi connectivity index (χ3v) is 0.889. The fourth-order valence-corrected chi connectivity index (χ4v) is 0.436. The number of aliphatic imine (C=N–C) groups is 1. The van der Waals surface area contributed by atoms with Crippen LogP contribution in [-0.4, -0.2) is 17.1 Å². The predicted octanol–water partition coefficient (Wildman–Crippen LogP) is 1.60. The van der Waals surface area contributed by atoms with Crippen molar-refractivity contribution in [1.82, 2.24) is 4.90 Å². The Hall–Kier alpha value is -1.38. The highest BCUT2D eigenvalue weighted by Gasteiger charge is 1.95. The van der Waals surface area contributed by atoms with E-state index in [4.69, 9.17) is 5.41 Å². The quantitative estimate of drug-likeness (QED) is 0.455. The molecular weight excluding hydrogens is 126 g/mol. The average molecular weight is 137 g/mol. The molecule has 0 heterocycles. The summed E-state index contributed by atoms with van der Waals surface area (Å²) in [5, 5.41) is 7.23. The van der Waals surface area contributed by atoms with Crippen LogP contribution in [0.15, 0.2) is 30.6 Å². The lowest BCUT2D eigenvalue weighted by Gasteiger charge is -2.09. The molecule has 0 saturated heterocycles. The highest BCUT2D eigenvalue weighted by atomic mass is 15.2. The number of nitrogens with one attached hydrogen (secondary N) is 1. The molecule has 0 aliphatic heterocycles. The summed E-state index contributed by atoms with van der Waals surface area (Å²) < 4.78 is 0. The molecule has 3 heteroatoms. The van der Waals surface area contributed by atoms with Crippen molar-refractivity contribution < 1.29 is 0 Å². The predicted molar refractivity (Wildman–Crippen MR) is 44.1 cm³/mol. The molecule has 0 aliphatic carbocycles. The molecule has 1 N–H and O–H groups in total. The molecule has 0 aliphatic rings. The van der Waals surface area contributed by atoms with E-state index in [1.54, 1.807) is 13.1 Å². The average Bonchev–Trinajstić information content (AvgIpc) is 1.91. The topological polar surface area (TPSA) is 39.5 Å². The zero-order valence-corrected chi connectivity index (χ0v) is 6.04. The maximum absolute atomic E-state index is 7.23. The first-order chi connectivity index (χ1) is 4.76. The zero-order chi connectivity index (χ0) is 7.98. The van der Waals surface area contributed by atoms with E-state index in [1.165, 1.54) is 17.3 Å². The molecule has 0 amide bonds. The number of rotatable bonds is 2. The summed E-state index contributed by atoms with van der Waals surface area (Å²) in [5.41, 5.74) is 0. The van der Waals surface area contributed by atoms with Gasteiger partial charge in [-0.15, -0.1) is 0 Å². The van der Waals surface area contributed by atoms with Gasteiger partial charge in [-0.25, -0.2) is 4.99 Å². The minimum absolute atomic E-state index is 0.118. The van der Waals surface area contributed by atoms with Gasteiger partial charge in [0.2, 0.25) is 5.96 Å². The first kappa shape index (κ1) is 8.62. The van der Waals surface area contributed by atoms with E-state index in [1.807, 2.05) is 0 Å². The van der Waals surface area contributed by atoms with E-state index in [-0.39, 0.29) is 5.96 Å². The van der Waals surface area contributed by atoms with E-state index in [0.717, 1.165) is 0 Å². The summed E-state index contributed by atoms with van der Waals surface area (Å²) in [4.78, 5) is 5.12. The van der Waals surface area contributed by atoms with Gasteiger partial charge in [0.15, 0.2) is 0 Å². The van der Waals surface area contributed by atoms with Crippen molar-refractivity contribution in [2.75, 3.05) is 0 Å². The summed E-state index contributed by atoms with van der Waals surface area (Å²) in [6.45, 7) is 8.70. The molecule has 0 rings (SSSR count). The highest BCUT2D eigenvalue weighted by Crippen LogP contribution is 1.90. The van der Waals surface area contributed by atoms with Crippen molar-refractivity contribution >= 4 is 12.2 Å². The van der Waals surface area contributed by atoms with Crippen LogP contribution in [0.25, 0.3) is 0 Å². The Labute approximate surface area is 60.9 Å². The van der Waals surface area contributed by atoms with Crippen LogP contribution in [0.4, 0.5) is 0 Å². The SMILES string of the molecule is C=CN(C=C)C(=N)N=CC. The molecule has 0 bridgehead atoms. The molecule has 0 spiro atoms. The van der Waals surface area contributed by atoms with E-state index >= 15 is 0 Å². The first-order valence-corrected chi connectivity index (χ1v) is 2.87. The molecule has 10 heavy (non-hydrogen) atoms. The van der Waals surface area contributed by atoms with Crippen LogP contribution in [0.5, 0.6) is 0 Å². The maximum Gasteiger partial charge on any atom is 0.225 e. The Balaban J connectivity index is 4.14. The Morgan fingerprint density at radius 2 is 2.00 bits per heavy atom. The van der Waals surface area contributed by atoms with Gasteiger partial charge in [-0.2, -0.15) is 0 Å². The van der Waals surface area contributed by atoms with Gasteiger partial charge < -0.3 is 0 Å². The lowest BCUT2D eigenvalue weighted by molar-refractivity contribution is 0.746. The van der Waals surface area contributed by atoms with Gasteiger partial charge in [0, 0.05) is 18.6 Å². The largest absolute Gasteiger partial charge is 0.294 e. The second-order valence-corrected chi connectivity index (χ2v) is 1.48. The third-order valence-electron chi connectivity index (χ3n) is 0.889. The van der Waals surface area contributed by atoms with Gasteiger partial charge in [0.05, 0.1) is 0 Å². The van der Waals surface area contributed by atoms with Crippen LogP contribution >= 0.6 is 0 Å². The first-order valence-electron chi connectivity index (χ1n) is 2.87. The van der Waals surface area contributed by atoms with E-state index in [9.17, 15) is 0 Å². The van der Waals surface area contributed by atoms with Gasteiger partial charge in [-0.1, -0.05) is 13.2 Å². The molecule has 0 unspecified atom stereocenters.